The van der Waals surface area contributed by atoms with Crippen LogP contribution in [-0.2, 0) is 6.42 Å². The van der Waals surface area contributed by atoms with E-state index in [2.05, 4.69) is 27.1 Å². The zero-order chi connectivity index (χ0) is 11.5. The Morgan fingerprint density at radius 2 is 2.29 bits per heavy atom. The molecule has 4 heteroatoms. The number of hydrogen-bond acceptors (Lipinski definition) is 4. The number of aromatic nitrogens is 1. The highest BCUT2D eigenvalue weighted by molar-refractivity contribution is 7.07. The molecule has 0 saturated carbocycles. The molecule has 0 saturated heterocycles. The maximum absolute atomic E-state index is 5.33. The maximum atomic E-state index is 5.33. The van der Waals surface area contributed by atoms with Gasteiger partial charge < -0.3 is 9.73 Å². The molecule has 0 aliphatic heterocycles. The monoisotopic (exact) mass is 244 g/mol. The molecule has 0 aliphatic carbocycles. The van der Waals surface area contributed by atoms with E-state index in [4.69, 9.17) is 4.42 Å². The largest absolute Gasteiger partial charge is 0.464 e. The van der Waals surface area contributed by atoms with Gasteiger partial charge in [0.2, 0.25) is 0 Å². The summed E-state index contributed by atoms with van der Waals surface area (Å²) in [5.41, 5.74) is 2.24. The van der Waals surface area contributed by atoms with Crippen molar-refractivity contribution in [3.8, 4) is 0 Å². The molecule has 3 aromatic heterocycles. The van der Waals surface area contributed by atoms with E-state index in [1.165, 1.54) is 5.56 Å². The van der Waals surface area contributed by atoms with Gasteiger partial charge in [0, 0.05) is 12.7 Å². The van der Waals surface area contributed by atoms with E-state index in [0.717, 1.165) is 29.8 Å². The van der Waals surface area contributed by atoms with Gasteiger partial charge in [-0.25, -0.2) is 4.98 Å². The van der Waals surface area contributed by atoms with Crippen LogP contribution in [0, 0.1) is 0 Å². The average molecular weight is 244 g/mol. The van der Waals surface area contributed by atoms with Crippen molar-refractivity contribution in [3.63, 3.8) is 0 Å². The lowest BCUT2D eigenvalue weighted by atomic mass is 10.2. The Bertz CT molecular complexity index is 601. The lowest BCUT2D eigenvalue weighted by Crippen LogP contribution is -2.05. The fourth-order valence-corrected chi connectivity index (χ4v) is 2.50. The molecular formula is C13H12N2OS. The van der Waals surface area contributed by atoms with E-state index in [-0.39, 0.29) is 0 Å². The minimum Gasteiger partial charge on any atom is -0.464 e. The molecule has 3 nitrogen and oxygen atoms in total. The van der Waals surface area contributed by atoms with Crippen molar-refractivity contribution in [2.75, 3.05) is 11.9 Å². The summed E-state index contributed by atoms with van der Waals surface area (Å²) in [6.45, 7) is 0.883. The first kappa shape index (κ1) is 10.4. The summed E-state index contributed by atoms with van der Waals surface area (Å²) in [5, 5.41) is 8.66. The normalized spacial score (nSPS) is 10.8. The second-order valence-corrected chi connectivity index (χ2v) is 4.58. The van der Waals surface area contributed by atoms with Crippen LogP contribution in [0.4, 0.5) is 5.82 Å². The third-order valence-electron chi connectivity index (χ3n) is 2.67. The third kappa shape index (κ3) is 2.17. The van der Waals surface area contributed by atoms with Crippen molar-refractivity contribution in [2.24, 2.45) is 0 Å². The molecule has 3 heterocycles. The van der Waals surface area contributed by atoms with Crippen LogP contribution >= 0.6 is 11.3 Å². The molecule has 0 atom stereocenters. The summed E-state index contributed by atoms with van der Waals surface area (Å²) in [6, 6.07) is 5.97. The molecule has 1 N–H and O–H groups in total. The standard InChI is InChI=1S/C13H12N2OS/c1(10-4-8-17-9-10)5-14-13-11-3-7-16-12(11)2-6-15-13/h2-4,6-9H,1,5H2,(H,14,15). The van der Waals surface area contributed by atoms with Gasteiger partial charge in [0.15, 0.2) is 0 Å². The molecule has 3 rings (SSSR count). The van der Waals surface area contributed by atoms with Crippen molar-refractivity contribution in [1.29, 1.82) is 0 Å². The Morgan fingerprint density at radius 3 is 3.18 bits per heavy atom. The number of nitrogens with one attached hydrogen (secondary N) is 1. The maximum Gasteiger partial charge on any atom is 0.139 e. The molecule has 0 aliphatic rings. The SMILES string of the molecule is c1cc2occc2c(NCCc2ccsc2)n1. The van der Waals surface area contributed by atoms with Crippen LogP contribution in [-0.4, -0.2) is 11.5 Å². The van der Waals surface area contributed by atoms with Gasteiger partial charge in [-0.1, -0.05) is 0 Å². The van der Waals surface area contributed by atoms with Crippen molar-refractivity contribution >= 4 is 28.1 Å². The van der Waals surface area contributed by atoms with Gasteiger partial charge in [-0.05, 0) is 40.9 Å². The summed E-state index contributed by atoms with van der Waals surface area (Å²) in [4.78, 5) is 4.33. The number of pyridine rings is 1. The van der Waals surface area contributed by atoms with Gasteiger partial charge in [-0.15, -0.1) is 0 Å². The van der Waals surface area contributed by atoms with Crippen molar-refractivity contribution in [2.45, 2.75) is 6.42 Å². The molecule has 0 spiro atoms. The Labute approximate surface area is 103 Å². The second-order valence-electron chi connectivity index (χ2n) is 3.80. The van der Waals surface area contributed by atoms with E-state index in [1.807, 2.05) is 12.1 Å². The van der Waals surface area contributed by atoms with Gasteiger partial charge in [0.1, 0.15) is 11.4 Å². The topological polar surface area (TPSA) is 38.1 Å². The zero-order valence-corrected chi connectivity index (χ0v) is 10.0. The highest BCUT2D eigenvalue weighted by Crippen LogP contribution is 2.21. The minimum atomic E-state index is 0.873. The Balaban J connectivity index is 1.70. The first-order valence-corrected chi connectivity index (χ1v) is 6.45. The molecule has 0 unspecified atom stereocenters. The Morgan fingerprint density at radius 1 is 1.29 bits per heavy atom. The van der Waals surface area contributed by atoms with Crippen LogP contribution in [0.25, 0.3) is 11.0 Å². The first-order valence-electron chi connectivity index (χ1n) is 5.50. The Hall–Kier alpha value is -1.81. The van der Waals surface area contributed by atoms with Crippen LogP contribution in [0.5, 0.6) is 0 Å². The third-order valence-corrected chi connectivity index (χ3v) is 3.40. The quantitative estimate of drug-likeness (QED) is 0.762. The minimum absolute atomic E-state index is 0.873. The summed E-state index contributed by atoms with van der Waals surface area (Å²) in [6.07, 6.45) is 4.47. The molecule has 0 aromatic carbocycles. The van der Waals surface area contributed by atoms with E-state index in [9.17, 15) is 0 Å². The van der Waals surface area contributed by atoms with Gasteiger partial charge in [0.05, 0.1) is 11.6 Å². The number of anilines is 1. The predicted molar refractivity (Wildman–Crippen MR) is 70.5 cm³/mol. The number of rotatable bonds is 4. The fraction of sp³-hybridized carbons (Fsp3) is 0.154. The lowest BCUT2D eigenvalue weighted by molar-refractivity contribution is 0.615. The van der Waals surface area contributed by atoms with Crippen LogP contribution in [0.15, 0.2) is 45.8 Å². The van der Waals surface area contributed by atoms with E-state index in [0.29, 0.717) is 0 Å². The van der Waals surface area contributed by atoms with Crippen molar-refractivity contribution in [3.05, 3.63) is 47.0 Å². The highest BCUT2D eigenvalue weighted by atomic mass is 32.1. The van der Waals surface area contributed by atoms with Crippen LogP contribution in [0.2, 0.25) is 0 Å². The molecular weight excluding hydrogens is 232 g/mol. The number of fused-ring (bicyclic) bond motifs is 1. The first-order chi connectivity index (χ1) is 8.43. The summed E-state index contributed by atoms with van der Waals surface area (Å²) in [7, 11) is 0. The smallest absolute Gasteiger partial charge is 0.139 e. The number of nitrogens with zero attached hydrogens (tertiary/aromatic N) is 1. The molecule has 17 heavy (non-hydrogen) atoms. The van der Waals surface area contributed by atoms with E-state index >= 15 is 0 Å². The van der Waals surface area contributed by atoms with Crippen LogP contribution in [0.3, 0.4) is 0 Å². The molecule has 3 aromatic rings. The number of thiophene rings is 1. The molecule has 0 amide bonds. The van der Waals surface area contributed by atoms with Gasteiger partial charge in [-0.3, -0.25) is 0 Å². The van der Waals surface area contributed by atoms with Gasteiger partial charge in [-0.2, -0.15) is 11.3 Å². The fourth-order valence-electron chi connectivity index (χ4n) is 1.80. The molecule has 86 valence electrons. The summed E-state index contributed by atoms with van der Waals surface area (Å²) < 4.78 is 5.33. The van der Waals surface area contributed by atoms with Crippen LogP contribution < -0.4 is 5.32 Å². The zero-order valence-electron chi connectivity index (χ0n) is 9.22. The Kier molecular flexibility index (Phi) is 2.80. The molecule has 0 bridgehead atoms. The molecule has 0 fully saturated rings. The summed E-state index contributed by atoms with van der Waals surface area (Å²) >= 11 is 1.73. The van der Waals surface area contributed by atoms with Gasteiger partial charge in [0.25, 0.3) is 0 Å². The average Bonchev–Trinajstić information content (AvgIpc) is 2.99. The number of furan rings is 1. The predicted octanol–water partition coefficient (Wildman–Crippen LogP) is 3.54. The van der Waals surface area contributed by atoms with Crippen molar-refractivity contribution < 1.29 is 4.42 Å². The molecule has 0 radical (unpaired) electrons. The summed E-state index contributed by atoms with van der Waals surface area (Å²) in [5.74, 6) is 0.895. The highest BCUT2D eigenvalue weighted by Gasteiger charge is 2.03. The second kappa shape index (κ2) is 4.59. The number of hydrogen-bond donors (Lipinski definition) is 1. The van der Waals surface area contributed by atoms with Gasteiger partial charge >= 0.3 is 0 Å². The van der Waals surface area contributed by atoms with Crippen LogP contribution in [0.1, 0.15) is 5.56 Å². The van der Waals surface area contributed by atoms with E-state index < -0.39 is 0 Å². The van der Waals surface area contributed by atoms with Crippen molar-refractivity contribution in [1.82, 2.24) is 4.98 Å². The lowest BCUT2D eigenvalue weighted by Gasteiger charge is -2.05. The van der Waals surface area contributed by atoms with E-state index in [1.54, 1.807) is 23.8 Å².